The van der Waals surface area contributed by atoms with Gasteiger partial charge in [0, 0.05) is 31.3 Å². The van der Waals surface area contributed by atoms with E-state index < -0.39 is 0 Å². The van der Waals surface area contributed by atoms with Gasteiger partial charge in [-0.2, -0.15) is 5.10 Å². The molecule has 1 aliphatic rings. The van der Waals surface area contributed by atoms with Crippen molar-refractivity contribution < 1.29 is 4.79 Å². The number of hydrogen-bond donors (Lipinski definition) is 2. The predicted molar refractivity (Wildman–Crippen MR) is 88.3 cm³/mol. The molecule has 1 amide bonds. The molecule has 0 saturated heterocycles. The summed E-state index contributed by atoms with van der Waals surface area (Å²) >= 11 is 0. The molecule has 0 atom stereocenters. The maximum Gasteiger partial charge on any atom is 0.264 e. The number of amides is 1. The number of aromatic nitrogens is 2. The zero-order chi connectivity index (χ0) is 16.2. The lowest BCUT2D eigenvalue weighted by molar-refractivity contribution is -0.117. The van der Waals surface area contributed by atoms with Crippen molar-refractivity contribution >= 4 is 11.6 Å². The van der Waals surface area contributed by atoms with Crippen molar-refractivity contribution in [3.63, 3.8) is 0 Å². The van der Waals surface area contributed by atoms with Crippen molar-refractivity contribution in [2.45, 2.75) is 26.3 Å². The van der Waals surface area contributed by atoms with E-state index in [2.05, 4.69) is 22.4 Å². The molecule has 0 unspecified atom stereocenters. The third-order valence-corrected chi connectivity index (χ3v) is 4.02. The molecular formula is C17H20N4O2. The Morgan fingerprint density at radius 2 is 2.26 bits per heavy atom. The maximum absolute atomic E-state index is 12.2. The van der Waals surface area contributed by atoms with Crippen LogP contribution in [0.15, 0.2) is 35.1 Å². The SMILES string of the molecule is CCc1cccc(NC(=O)CN2CCc3n[nH]c(=O)cc3C2)c1. The van der Waals surface area contributed by atoms with Crippen molar-refractivity contribution in [2.24, 2.45) is 0 Å². The second kappa shape index (κ2) is 6.75. The third-order valence-electron chi connectivity index (χ3n) is 4.02. The number of benzene rings is 1. The summed E-state index contributed by atoms with van der Waals surface area (Å²) in [5, 5.41) is 9.44. The Balaban J connectivity index is 1.61. The fourth-order valence-corrected chi connectivity index (χ4v) is 2.81. The minimum atomic E-state index is -0.202. The van der Waals surface area contributed by atoms with Crippen LogP contribution in [0.1, 0.15) is 23.7 Å². The standard InChI is InChI=1S/C17H20N4O2/c1-2-12-4-3-5-14(8-12)18-17(23)11-21-7-6-15-13(10-21)9-16(22)20-19-15/h3-5,8-9H,2,6-7,10-11H2,1H3,(H,18,23)(H,20,22). The highest BCUT2D eigenvalue weighted by Gasteiger charge is 2.19. The molecule has 6 nitrogen and oxygen atoms in total. The van der Waals surface area contributed by atoms with E-state index in [1.807, 2.05) is 29.2 Å². The number of carbonyl (C=O) groups is 1. The first-order valence-corrected chi connectivity index (χ1v) is 7.82. The Bertz CT molecular complexity index is 769. The number of nitrogens with zero attached hydrogens (tertiary/aromatic N) is 2. The lowest BCUT2D eigenvalue weighted by Crippen LogP contribution is -2.38. The second-order valence-corrected chi connectivity index (χ2v) is 5.77. The number of H-pyrrole nitrogens is 1. The van der Waals surface area contributed by atoms with Crippen molar-refractivity contribution in [1.29, 1.82) is 0 Å². The highest BCUT2D eigenvalue weighted by molar-refractivity contribution is 5.92. The molecular weight excluding hydrogens is 292 g/mol. The van der Waals surface area contributed by atoms with Crippen LogP contribution < -0.4 is 10.9 Å². The first-order chi connectivity index (χ1) is 11.1. The van der Waals surface area contributed by atoms with Gasteiger partial charge in [-0.25, -0.2) is 5.10 Å². The van der Waals surface area contributed by atoms with Crippen LogP contribution in [-0.2, 0) is 24.2 Å². The molecule has 6 heteroatoms. The van der Waals surface area contributed by atoms with Crippen LogP contribution in [0.5, 0.6) is 0 Å². The number of rotatable bonds is 4. The average Bonchev–Trinajstić information content (AvgIpc) is 2.54. The lowest BCUT2D eigenvalue weighted by Gasteiger charge is -2.26. The molecule has 120 valence electrons. The van der Waals surface area contributed by atoms with Gasteiger partial charge in [0.15, 0.2) is 0 Å². The van der Waals surface area contributed by atoms with Gasteiger partial charge < -0.3 is 5.32 Å². The van der Waals surface area contributed by atoms with Crippen LogP contribution in [0.25, 0.3) is 0 Å². The summed E-state index contributed by atoms with van der Waals surface area (Å²) in [7, 11) is 0. The zero-order valence-electron chi connectivity index (χ0n) is 13.1. The van der Waals surface area contributed by atoms with Crippen LogP contribution >= 0.6 is 0 Å². The third kappa shape index (κ3) is 3.84. The monoisotopic (exact) mass is 312 g/mol. The summed E-state index contributed by atoms with van der Waals surface area (Å²) in [6.07, 6.45) is 1.68. The summed E-state index contributed by atoms with van der Waals surface area (Å²) < 4.78 is 0. The molecule has 0 radical (unpaired) electrons. The maximum atomic E-state index is 12.2. The van der Waals surface area contributed by atoms with Crippen molar-refractivity contribution in [2.75, 3.05) is 18.4 Å². The van der Waals surface area contributed by atoms with Crippen LogP contribution in [0.3, 0.4) is 0 Å². The summed E-state index contributed by atoms with van der Waals surface area (Å²) in [5.74, 6) is -0.0421. The van der Waals surface area contributed by atoms with Crippen LogP contribution in [0.4, 0.5) is 5.69 Å². The van der Waals surface area contributed by atoms with Gasteiger partial charge in [0.1, 0.15) is 0 Å². The van der Waals surface area contributed by atoms with Crippen LogP contribution in [-0.4, -0.2) is 34.1 Å². The molecule has 1 aromatic carbocycles. The van der Waals surface area contributed by atoms with E-state index >= 15 is 0 Å². The van der Waals surface area contributed by atoms with Crippen molar-refractivity contribution in [3.05, 3.63) is 57.5 Å². The van der Waals surface area contributed by atoms with E-state index in [9.17, 15) is 9.59 Å². The number of aryl methyl sites for hydroxylation is 1. The molecule has 23 heavy (non-hydrogen) atoms. The fraction of sp³-hybridized carbons (Fsp3) is 0.353. The van der Waals surface area contributed by atoms with Gasteiger partial charge in [-0.15, -0.1) is 0 Å². The summed E-state index contributed by atoms with van der Waals surface area (Å²) in [6, 6.07) is 9.45. The minimum Gasteiger partial charge on any atom is -0.325 e. The molecule has 0 aliphatic carbocycles. The van der Waals surface area contributed by atoms with Gasteiger partial charge in [0.05, 0.1) is 12.2 Å². The first-order valence-electron chi connectivity index (χ1n) is 7.82. The topological polar surface area (TPSA) is 78.1 Å². The lowest BCUT2D eigenvalue weighted by atomic mass is 10.1. The molecule has 1 aliphatic heterocycles. The van der Waals surface area contributed by atoms with Crippen molar-refractivity contribution in [3.8, 4) is 0 Å². The zero-order valence-corrected chi connectivity index (χ0v) is 13.1. The Labute approximate surface area is 134 Å². The van der Waals surface area contributed by atoms with E-state index in [-0.39, 0.29) is 11.5 Å². The van der Waals surface area contributed by atoms with E-state index in [4.69, 9.17) is 0 Å². The van der Waals surface area contributed by atoms with Crippen LogP contribution in [0.2, 0.25) is 0 Å². The van der Waals surface area contributed by atoms with Crippen molar-refractivity contribution in [1.82, 2.24) is 15.1 Å². The largest absolute Gasteiger partial charge is 0.325 e. The quantitative estimate of drug-likeness (QED) is 0.893. The summed E-state index contributed by atoms with van der Waals surface area (Å²) in [6.45, 7) is 3.73. The number of anilines is 1. The van der Waals surface area contributed by atoms with Gasteiger partial charge in [0.25, 0.3) is 5.56 Å². The average molecular weight is 312 g/mol. The minimum absolute atomic E-state index is 0.0421. The number of hydrogen-bond acceptors (Lipinski definition) is 4. The smallest absolute Gasteiger partial charge is 0.264 e. The molecule has 2 heterocycles. The number of nitrogens with one attached hydrogen (secondary N) is 2. The van der Waals surface area contributed by atoms with Gasteiger partial charge in [-0.05, 0) is 29.7 Å². The number of fused-ring (bicyclic) bond motifs is 1. The second-order valence-electron chi connectivity index (χ2n) is 5.77. The Morgan fingerprint density at radius 1 is 1.39 bits per heavy atom. The highest BCUT2D eigenvalue weighted by atomic mass is 16.2. The fourth-order valence-electron chi connectivity index (χ4n) is 2.81. The van der Waals surface area contributed by atoms with Gasteiger partial charge in [-0.3, -0.25) is 14.5 Å². The molecule has 3 rings (SSSR count). The van der Waals surface area contributed by atoms with Gasteiger partial charge >= 0.3 is 0 Å². The number of aromatic amines is 1. The van der Waals surface area contributed by atoms with Gasteiger partial charge in [0.2, 0.25) is 5.91 Å². The predicted octanol–water partition coefficient (Wildman–Crippen LogP) is 1.33. The molecule has 2 N–H and O–H groups in total. The van der Waals surface area contributed by atoms with Gasteiger partial charge in [-0.1, -0.05) is 19.1 Å². The molecule has 0 saturated carbocycles. The van der Waals surface area contributed by atoms with E-state index in [1.165, 1.54) is 5.56 Å². The molecule has 0 fully saturated rings. The number of carbonyl (C=O) groups excluding carboxylic acids is 1. The molecule has 0 spiro atoms. The Morgan fingerprint density at radius 3 is 3.09 bits per heavy atom. The summed E-state index contributed by atoms with van der Waals surface area (Å²) in [4.78, 5) is 25.6. The van der Waals surface area contributed by atoms with E-state index in [0.717, 1.165) is 36.3 Å². The normalized spacial score (nSPS) is 14.3. The Kier molecular flexibility index (Phi) is 4.52. The van der Waals surface area contributed by atoms with Crippen LogP contribution in [0, 0.1) is 0 Å². The molecule has 1 aromatic heterocycles. The molecule has 2 aromatic rings. The Hall–Kier alpha value is -2.47. The van der Waals surface area contributed by atoms with E-state index in [0.29, 0.717) is 13.1 Å². The molecule has 0 bridgehead atoms. The van der Waals surface area contributed by atoms with E-state index in [1.54, 1.807) is 6.07 Å². The highest BCUT2D eigenvalue weighted by Crippen LogP contribution is 2.15. The first kappa shape index (κ1) is 15.4. The summed E-state index contributed by atoms with van der Waals surface area (Å²) in [5.41, 5.74) is 3.63.